The number of benzene rings is 1. The van der Waals surface area contributed by atoms with Gasteiger partial charge in [-0.2, -0.15) is 0 Å². The summed E-state index contributed by atoms with van der Waals surface area (Å²) in [7, 11) is 2.04. The van der Waals surface area contributed by atoms with Crippen LogP contribution in [0, 0.1) is 0 Å². The largest absolute Gasteiger partial charge is 0.490 e. The van der Waals surface area contributed by atoms with E-state index in [2.05, 4.69) is 40.2 Å². The number of nitrogens with one attached hydrogen (secondary N) is 1. The number of piperidine rings is 1. The Kier molecular flexibility index (Phi) is 8.28. The van der Waals surface area contributed by atoms with E-state index in [0.717, 1.165) is 44.2 Å². The molecule has 0 saturated carbocycles. The fourth-order valence-electron chi connectivity index (χ4n) is 3.12. The first-order valence-electron chi connectivity index (χ1n) is 9.10. The second-order valence-electron chi connectivity index (χ2n) is 6.47. The van der Waals surface area contributed by atoms with Crippen molar-refractivity contribution in [2.45, 2.75) is 32.4 Å². The van der Waals surface area contributed by atoms with Gasteiger partial charge in [0.05, 0.1) is 6.54 Å². The van der Waals surface area contributed by atoms with Crippen LogP contribution in [0.1, 0.15) is 25.3 Å². The lowest BCUT2D eigenvalue weighted by molar-refractivity contribution is 0.129. The summed E-state index contributed by atoms with van der Waals surface area (Å²) in [5.41, 5.74) is 1.24. The number of guanidine groups is 1. The summed E-state index contributed by atoms with van der Waals surface area (Å²) in [6, 6.07) is 12.2. The van der Waals surface area contributed by atoms with E-state index in [9.17, 15) is 0 Å². The average Bonchev–Trinajstić information content (AvgIpc) is 3.06. The smallest absolute Gasteiger partial charge is 0.194 e. The van der Waals surface area contributed by atoms with Crippen LogP contribution in [0.4, 0.5) is 0 Å². The molecule has 0 unspecified atom stereocenters. The van der Waals surface area contributed by atoms with Gasteiger partial charge in [-0.1, -0.05) is 18.2 Å². The lowest BCUT2D eigenvalue weighted by Gasteiger charge is -2.34. The Hall–Kier alpha value is -1.70. The molecule has 0 aliphatic carbocycles. The zero-order valence-corrected chi connectivity index (χ0v) is 17.9. The van der Waals surface area contributed by atoms with Crippen molar-refractivity contribution in [2.24, 2.45) is 12.0 Å². The van der Waals surface area contributed by atoms with Crippen molar-refractivity contribution in [2.75, 3.05) is 19.6 Å². The summed E-state index contributed by atoms with van der Waals surface area (Å²) in [6.07, 6.45) is 6.50. The van der Waals surface area contributed by atoms with Crippen molar-refractivity contribution in [1.82, 2.24) is 14.8 Å². The minimum Gasteiger partial charge on any atom is -0.490 e. The number of likely N-dealkylation sites (tertiary alicyclic amines) is 1. The third-order valence-electron chi connectivity index (χ3n) is 4.43. The summed E-state index contributed by atoms with van der Waals surface area (Å²) in [6.45, 7) is 5.65. The Morgan fingerprint density at radius 3 is 2.54 bits per heavy atom. The Morgan fingerprint density at radius 1 is 1.19 bits per heavy atom. The lowest BCUT2D eigenvalue weighted by atomic mass is 10.1. The number of nitrogens with zero attached hydrogens (tertiary/aromatic N) is 3. The number of rotatable bonds is 5. The van der Waals surface area contributed by atoms with Crippen molar-refractivity contribution < 1.29 is 4.74 Å². The van der Waals surface area contributed by atoms with Gasteiger partial charge in [0.1, 0.15) is 11.9 Å². The molecule has 1 fully saturated rings. The van der Waals surface area contributed by atoms with Crippen LogP contribution >= 0.6 is 24.0 Å². The molecule has 5 nitrogen and oxygen atoms in total. The topological polar surface area (TPSA) is 41.8 Å². The van der Waals surface area contributed by atoms with Crippen LogP contribution in [0.15, 0.2) is 53.8 Å². The molecule has 1 N–H and O–H groups in total. The summed E-state index contributed by atoms with van der Waals surface area (Å²) in [5, 5.41) is 3.42. The molecule has 2 aromatic rings. The van der Waals surface area contributed by atoms with Crippen LogP contribution in [0.2, 0.25) is 0 Å². The van der Waals surface area contributed by atoms with Gasteiger partial charge in [-0.15, -0.1) is 24.0 Å². The van der Waals surface area contributed by atoms with Gasteiger partial charge in [-0.05, 0) is 30.7 Å². The van der Waals surface area contributed by atoms with Crippen LogP contribution in [-0.2, 0) is 13.6 Å². The van der Waals surface area contributed by atoms with Gasteiger partial charge in [0.25, 0.3) is 0 Å². The second kappa shape index (κ2) is 10.4. The lowest BCUT2D eigenvalue weighted by Crippen LogP contribution is -2.47. The number of para-hydroxylation sites is 1. The minimum atomic E-state index is 0. The molecule has 0 spiro atoms. The van der Waals surface area contributed by atoms with Gasteiger partial charge in [-0.3, -0.25) is 0 Å². The summed E-state index contributed by atoms with van der Waals surface area (Å²) >= 11 is 0. The van der Waals surface area contributed by atoms with Crippen molar-refractivity contribution in [1.29, 1.82) is 0 Å². The molecule has 2 heterocycles. The molecule has 1 aliphatic rings. The van der Waals surface area contributed by atoms with Gasteiger partial charge in [0.2, 0.25) is 0 Å². The van der Waals surface area contributed by atoms with E-state index in [0.29, 0.717) is 6.54 Å². The highest BCUT2D eigenvalue weighted by atomic mass is 127. The second-order valence-corrected chi connectivity index (χ2v) is 6.47. The SMILES string of the molecule is CCNC(=NCc1ccn(C)c1)N1CCC(Oc2ccccc2)CC1.I. The summed E-state index contributed by atoms with van der Waals surface area (Å²) < 4.78 is 8.15. The average molecular weight is 468 g/mol. The number of halogens is 1. The maximum absolute atomic E-state index is 6.09. The molecule has 142 valence electrons. The van der Waals surface area contributed by atoms with E-state index >= 15 is 0 Å². The standard InChI is InChI=1S/C20H28N4O.HI/c1-3-21-20(22-15-17-9-12-23(2)16-17)24-13-10-19(11-14-24)25-18-7-5-4-6-8-18;/h4-9,12,16,19H,3,10-11,13-15H2,1-2H3,(H,21,22);1H. The Bertz CT molecular complexity index is 678. The molecule has 1 saturated heterocycles. The van der Waals surface area contributed by atoms with Crippen LogP contribution in [-0.4, -0.2) is 41.2 Å². The third kappa shape index (κ3) is 5.93. The van der Waals surface area contributed by atoms with E-state index in [-0.39, 0.29) is 30.1 Å². The van der Waals surface area contributed by atoms with Gasteiger partial charge in [0.15, 0.2) is 5.96 Å². The van der Waals surface area contributed by atoms with Crippen molar-refractivity contribution in [3.8, 4) is 5.75 Å². The van der Waals surface area contributed by atoms with Gasteiger partial charge >= 0.3 is 0 Å². The number of hydrogen-bond acceptors (Lipinski definition) is 2. The maximum atomic E-state index is 6.09. The third-order valence-corrected chi connectivity index (χ3v) is 4.43. The molecule has 26 heavy (non-hydrogen) atoms. The number of aliphatic imine (C=N–C) groups is 1. The fraction of sp³-hybridized carbons (Fsp3) is 0.450. The molecule has 0 bridgehead atoms. The first-order valence-corrected chi connectivity index (χ1v) is 9.10. The summed E-state index contributed by atoms with van der Waals surface area (Å²) in [4.78, 5) is 7.15. The quantitative estimate of drug-likeness (QED) is 0.414. The first kappa shape index (κ1) is 20.6. The number of ether oxygens (including phenoxy) is 1. The van der Waals surface area contributed by atoms with Crippen LogP contribution < -0.4 is 10.1 Å². The molecule has 0 radical (unpaired) electrons. The molecule has 0 atom stereocenters. The van der Waals surface area contributed by atoms with E-state index < -0.39 is 0 Å². The monoisotopic (exact) mass is 468 g/mol. The first-order chi connectivity index (χ1) is 12.2. The van der Waals surface area contributed by atoms with Gasteiger partial charge < -0.3 is 19.5 Å². The highest BCUT2D eigenvalue weighted by Crippen LogP contribution is 2.18. The van der Waals surface area contributed by atoms with Crippen molar-refractivity contribution in [3.05, 3.63) is 54.4 Å². The normalized spacial score (nSPS) is 15.5. The Balaban J connectivity index is 0.00000243. The molecular formula is C20H29IN4O. The maximum Gasteiger partial charge on any atom is 0.194 e. The van der Waals surface area contributed by atoms with Gasteiger partial charge in [0, 0.05) is 51.9 Å². The predicted octanol–water partition coefficient (Wildman–Crippen LogP) is 3.65. The van der Waals surface area contributed by atoms with Crippen LogP contribution in [0.5, 0.6) is 5.75 Å². The molecule has 1 aromatic heterocycles. The number of aromatic nitrogens is 1. The highest BCUT2D eigenvalue weighted by molar-refractivity contribution is 14.0. The van der Waals surface area contributed by atoms with Crippen LogP contribution in [0.3, 0.4) is 0 Å². The summed E-state index contributed by atoms with van der Waals surface area (Å²) in [5.74, 6) is 1.97. The van der Waals surface area contributed by atoms with Crippen LogP contribution in [0.25, 0.3) is 0 Å². The fourth-order valence-corrected chi connectivity index (χ4v) is 3.12. The zero-order chi connectivity index (χ0) is 17.5. The molecule has 3 rings (SSSR count). The van der Waals surface area contributed by atoms with Gasteiger partial charge in [-0.25, -0.2) is 4.99 Å². The molecule has 1 aliphatic heterocycles. The zero-order valence-electron chi connectivity index (χ0n) is 15.6. The molecular weight excluding hydrogens is 439 g/mol. The number of aryl methyl sites for hydroxylation is 1. The Morgan fingerprint density at radius 2 is 1.92 bits per heavy atom. The van der Waals surface area contributed by atoms with E-state index in [1.54, 1.807) is 0 Å². The van der Waals surface area contributed by atoms with Crippen molar-refractivity contribution >= 4 is 29.9 Å². The molecule has 6 heteroatoms. The predicted molar refractivity (Wildman–Crippen MR) is 117 cm³/mol. The van der Waals surface area contributed by atoms with E-state index in [4.69, 9.17) is 9.73 Å². The van der Waals surface area contributed by atoms with E-state index in [1.807, 2.05) is 37.4 Å². The van der Waals surface area contributed by atoms with E-state index in [1.165, 1.54) is 5.56 Å². The van der Waals surface area contributed by atoms with Crippen molar-refractivity contribution in [3.63, 3.8) is 0 Å². The highest BCUT2D eigenvalue weighted by Gasteiger charge is 2.22. The Labute approximate surface area is 173 Å². The molecule has 1 aromatic carbocycles. The molecule has 0 amide bonds. The minimum absolute atomic E-state index is 0. The number of hydrogen-bond donors (Lipinski definition) is 1.